The molecule has 4 amide bonds. The number of anilines is 2. The fourth-order valence-electron chi connectivity index (χ4n) is 5.07. The van der Waals surface area contributed by atoms with Crippen LogP contribution in [0, 0.1) is 0 Å². The third kappa shape index (κ3) is 9.67. The van der Waals surface area contributed by atoms with Gasteiger partial charge in [0.25, 0.3) is 0 Å². The average molecular weight is 637 g/mol. The number of benzene rings is 4. The molecule has 0 aliphatic heterocycles. The van der Waals surface area contributed by atoms with E-state index in [1.54, 1.807) is 76.8 Å². The molecular weight excluding hydrogens is 596 g/mol. The summed E-state index contributed by atoms with van der Waals surface area (Å²) in [6.07, 6.45) is -0.139. The molecule has 10 nitrogen and oxygen atoms in total. The number of hydrogen-bond donors (Lipinski definition) is 2. The first-order chi connectivity index (χ1) is 22.7. The molecule has 0 aliphatic rings. The van der Waals surface area contributed by atoms with Crippen LogP contribution in [-0.2, 0) is 32.0 Å². The minimum absolute atomic E-state index is 0.218. The number of rotatable bonds is 14. The van der Waals surface area contributed by atoms with Crippen molar-refractivity contribution in [3.63, 3.8) is 0 Å². The summed E-state index contributed by atoms with van der Waals surface area (Å²) in [6, 6.07) is 30.7. The van der Waals surface area contributed by atoms with Gasteiger partial charge in [0.2, 0.25) is 23.6 Å². The summed E-state index contributed by atoms with van der Waals surface area (Å²) in [5.74, 6) is -0.705. The molecule has 4 rings (SSSR count). The van der Waals surface area contributed by atoms with Crippen LogP contribution in [-0.4, -0.2) is 64.0 Å². The van der Waals surface area contributed by atoms with E-state index < -0.39 is 30.3 Å². The van der Waals surface area contributed by atoms with E-state index >= 15 is 0 Å². The fraction of sp³-hybridized carbons (Fsp3) is 0.243. The maximum absolute atomic E-state index is 13.7. The number of nitrogens with zero attached hydrogens (tertiary/aromatic N) is 2. The third-order valence-electron chi connectivity index (χ3n) is 7.73. The van der Waals surface area contributed by atoms with Gasteiger partial charge in [-0.25, -0.2) is 0 Å². The Kier molecular flexibility index (Phi) is 12.1. The van der Waals surface area contributed by atoms with Crippen molar-refractivity contribution < 1.29 is 28.7 Å². The second-order valence-corrected chi connectivity index (χ2v) is 11.0. The number of amides is 4. The molecule has 4 aromatic carbocycles. The van der Waals surface area contributed by atoms with Crippen LogP contribution in [0.15, 0.2) is 109 Å². The Morgan fingerprint density at radius 3 is 1.21 bits per heavy atom. The summed E-state index contributed by atoms with van der Waals surface area (Å²) in [4.78, 5) is 56.8. The SMILES string of the molecule is COc1ccc(N(C)C(=O)C(Cc2ccccc2)NC(=O)CC(=O)N[C@@H](Cc2ccccc2)C(=O)N(C)c2ccc(OC)cc2)cc1. The maximum Gasteiger partial charge on any atom is 0.249 e. The molecule has 10 heteroatoms. The quantitative estimate of drug-likeness (QED) is 0.201. The molecule has 0 saturated heterocycles. The normalized spacial score (nSPS) is 11.8. The highest BCUT2D eigenvalue weighted by Gasteiger charge is 2.29. The number of carbonyl (C=O) groups is 4. The first-order valence-electron chi connectivity index (χ1n) is 15.2. The van der Waals surface area contributed by atoms with Crippen molar-refractivity contribution in [1.82, 2.24) is 10.6 Å². The standard InChI is InChI=1S/C37H40N4O6/c1-40(28-15-19-30(46-3)20-16-28)36(44)32(23-26-11-7-5-8-12-26)38-34(42)25-35(43)39-33(24-27-13-9-6-10-14-27)37(45)41(2)29-17-21-31(47-4)22-18-29/h5-22,32-33H,23-25H2,1-4H3,(H,38,42)(H,39,43)/t32-,33?/m0/s1. The molecule has 0 fully saturated rings. The van der Waals surface area contributed by atoms with Gasteiger partial charge in [-0.1, -0.05) is 60.7 Å². The first-order valence-corrected chi connectivity index (χ1v) is 15.2. The van der Waals surface area contributed by atoms with Gasteiger partial charge in [0.15, 0.2) is 0 Å². The molecule has 0 bridgehead atoms. The summed E-state index contributed by atoms with van der Waals surface area (Å²) in [5, 5.41) is 5.52. The van der Waals surface area contributed by atoms with Crippen LogP contribution in [0.4, 0.5) is 11.4 Å². The Hall–Kier alpha value is -5.64. The van der Waals surface area contributed by atoms with Crippen molar-refractivity contribution in [3.8, 4) is 11.5 Å². The molecule has 0 saturated carbocycles. The van der Waals surface area contributed by atoms with Crippen LogP contribution in [0.1, 0.15) is 17.5 Å². The molecule has 1 unspecified atom stereocenters. The molecule has 4 aromatic rings. The van der Waals surface area contributed by atoms with E-state index in [2.05, 4.69) is 10.6 Å². The first kappa shape index (κ1) is 34.2. The summed E-state index contributed by atoms with van der Waals surface area (Å²) in [5.41, 5.74) is 2.91. The predicted molar refractivity (Wildman–Crippen MR) is 182 cm³/mol. The fourth-order valence-corrected chi connectivity index (χ4v) is 5.07. The van der Waals surface area contributed by atoms with Crippen LogP contribution in [0.2, 0.25) is 0 Å². The zero-order chi connectivity index (χ0) is 33.8. The Labute approximate surface area is 275 Å². The second kappa shape index (κ2) is 16.6. The summed E-state index contributed by atoms with van der Waals surface area (Å²) < 4.78 is 10.4. The smallest absolute Gasteiger partial charge is 0.249 e. The zero-order valence-electron chi connectivity index (χ0n) is 27.0. The van der Waals surface area contributed by atoms with Gasteiger partial charge in [-0.05, 0) is 59.7 Å². The maximum atomic E-state index is 13.7. The molecular formula is C37H40N4O6. The molecule has 0 spiro atoms. The van der Waals surface area contributed by atoms with Gasteiger partial charge < -0.3 is 29.9 Å². The van der Waals surface area contributed by atoms with Crippen molar-refractivity contribution in [3.05, 3.63) is 120 Å². The number of nitrogens with one attached hydrogen (secondary N) is 2. The van der Waals surface area contributed by atoms with Gasteiger partial charge in [0, 0.05) is 38.3 Å². The Morgan fingerprint density at radius 2 is 0.894 bits per heavy atom. The van der Waals surface area contributed by atoms with Crippen LogP contribution < -0.4 is 29.9 Å². The third-order valence-corrected chi connectivity index (χ3v) is 7.73. The van der Waals surface area contributed by atoms with E-state index in [-0.39, 0.29) is 24.7 Å². The van der Waals surface area contributed by atoms with Crippen LogP contribution in [0.3, 0.4) is 0 Å². The Balaban J connectivity index is 1.48. The monoisotopic (exact) mass is 636 g/mol. The van der Waals surface area contributed by atoms with E-state index in [9.17, 15) is 19.2 Å². The molecule has 0 aromatic heterocycles. The van der Waals surface area contributed by atoms with Crippen molar-refractivity contribution in [1.29, 1.82) is 0 Å². The van der Waals surface area contributed by atoms with Crippen molar-refractivity contribution >= 4 is 35.0 Å². The van der Waals surface area contributed by atoms with E-state index in [1.165, 1.54) is 9.80 Å². The van der Waals surface area contributed by atoms with Gasteiger partial charge in [-0.3, -0.25) is 19.2 Å². The van der Waals surface area contributed by atoms with Crippen LogP contribution >= 0.6 is 0 Å². The lowest BCUT2D eigenvalue weighted by atomic mass is 10.0. The van der Waals surface area contributed by atoms with Crippen LogP contribution in [0.5, 0.6) is 11.5 Å². The lowest BCUT2D eigenvalue weighted by Gasteiger charge is -2.26. The minimum Gasteiger partial charge on any atom is -0.497 e. The summed E-state index contributed by atoms with van der Waals surface area (Å²) >= 11 is 0. The summed E-state index contributed by atoms with van der Waals surface area (Å²) in [6.45, 7) is 0. The van der Waals surface area contributed by atoms with E-state index in [4.69, 9.17) is 9.47 Å². The lowest BCUT2D eigenvalue weighted by Crippen LogP contribution is -2.51. The van der Waals surface area contributed by atoms with Crippen molar-refractivity contribution in [2.75, 3.05) is 38.1 Å². The van der Waals surface area contributed by atoms with E-state index in [0.717, 1.165) is 11.1 Å². The highest BCUT2D eigenvalue weighted by Crippen LogP contribution is 2.21. The van der Waals surface area contributed by atoms with Gasteiger partial charge in [-0.15, -0.1) is 0 Å². The minimum atomic E-state index is -0.951. The number of carbonyl (C=O) groups excluding carboxylic acids is 4. The Bertz CT molecular complexity index is 1510. The van der Waals surface area contributed by atoms with E-state index in [1.807, 2.05) is 60.7 Å². The van der Waals surface area contributed by atoms with Crippen LogP contribution in [0.25, 0.3) is 0 Å². The molecule has 0 radical (unpaired) electrons. The van der Waals surface area contributed by atoms with Gasteiger partial charge >= 0.3 is 0 Å². The number of methoxy groups -OCH3 is 2. The molecule has 2 atom stereocenters. The van der Waals surface area contributed by atoms with E-state index in [0.29, 0.717) is 22.9 Å². The zero-order valence-corrected chi connectivity index (χ0v) is 27.0. The second-order valence-electron chi connectivity index (χ2n) is 11.0. The van der Waals surface area contributed by atoms with Crippen molar-refractivity contribution in [2.24, 2.45) is 0 Å². The van der Waals surface area contributed by atoms with Gasteiger partial charge in [0.05, 0.1) is 14.2 Å². The average Bonchev–Trinajstić information content (AvgIpc) is 3.10. The van der Waals surface area contributed by atoms with Crippen molar-refractivity contribution in [2.45, 2.75) is 31.3 Å². The lowest BCUT2D eigenvalue weighted by molar-refractivity contribution is -0.133. The molecule has 47 heavy (non-hydrogen) atoms. The highest BCUT2D eigenvalue weighted by atomic mass is 16.5. The highest BCUT2D eigenvalue weighted by molar-refractivity contribution is 6.04. The van der Waals surface area contributed by atoms with Gasteiger partial charge in [-0.2, -0.15) is 0 Å². The largest absolute Gasteiger partial charge is 0.497 e. The number of ether oxygens (including phenoxy) is 2. The Morgan fingerprint density at radius 1 is 0.553 bits per heavy atom. The topological polar surface area (TPSA) is 117 Å². The summed E-state index contributed by atoms with van der Waals surface area (Å²) in [7, 11) is 6.37. The molecule has 0 heterocycles. The van der Waals surface area contributed by atoms with Gasteiger partial charge in [0.1, 0.15) is 30.0 Å². The molecule has 244 valence electrons. The predicted octanol–water partition coefficient (Wildman–Crippen LogP) is 4.17. The molecule has 0 aliphatic carbocycles. The molecule has 2 N–H and O–H groups in total. The number of likely N-dealkylation sites (N-methyl/N-ethyl adjacent to an activating group) is 2. The number of hydrogen-bond acceptors (Lipinski definition) is 6.